The molecule has 0 fully saturated rings. The van der Waals surface area contributed by atoms with Crippen LogP contribution >= 0.6 is 11.6 Å². The number of nitrogens with one attached hydrogen (secondary N) is 2. The SMILES string of the molecule is CC(NS(=O)(=O)c1ccc(Cl)cc1)C(=O)NC(C)c1ccccc1. The molecule has 1 amide bonds. The zero-order valence-corrected chi connectivity index (χ0v) is 14.9. The molecular weight excluding hydrogens is 348 g/mol. The Morgan fingerprint density at radius 1 is 1.00 bits per heavy atom. The van der Waals surface area contributed by atoms with Gasteiger partial charge in [-0.25, -0.2) is 8.42 Å². The van der Waals surface area contributed by atoms with E-state index in [1.807, 2.05) is 37.3 Å². The summed E-state index contributed by atoms with van der Waals surface area (Å²) in [6.45, 7) is 3.34. The van der Waals surface area contributed by atoms with Crippen molar-refractivity contribution in [1.29, 1.82) is 0 Å². The van der Waals surface area contributed by atoms with Crippen molar-refractivity contribution in [2.45, 2.75) is 30.8 Å². The first-order chi connectivity index (χ1) is 11.3. The first-order valence-electron chi connectivity index (χ1n) is 7.43. The van der Waals surface area contributed by atoms with E-state index in [9.17, 15) is 13.2 Å². The third-order valence-corrected chi connectivity index (χ3v) is 5.32. The molecule has 0 saturated carbocycles. The lowest BCUT2D eigenvalue weighted by Gasteiger charge is -2.19. The summed E-state index contributed by atoms with van der Waals surface area (Å²) in [4.78, 5) is 12.3. The van der Waals surface area contributed by atoms with Gasteiger partial charge in [-0.3, -0.25) is 4.79 Å². The van der Waals surface area contributed by atoms with Crippen LogP contribution in [0.25, 0.3) is 0 Å². The molecule has 5 nitrogen and oxygen atoms in total. The molecule has 2 aromatic carbocycles. The van der Waals surface area contributed by atoms with E-state index in [0.717, 1.165) is 5.56 Å². The number of amides is 1. The summed E-state index contributed by atoms with van der Waals surface area (Å²) in [6, 6.07) is 14.1. The minimum absolute atomic E-state index is 0.0580. The smallest absolute Gasteiger partial charge is 0.241 e. The number of hydrogen-bond acceptors (Lipinski definition) is 3. The second-order valence-corrected chi connectivity index (χ2v) is 7.59. The average molecular weight is 367 g/mol. The molecule has 128 valence electrons. The standard InChI is InChI=1S/C17H19ClN2O3S/c1-12(14-6-4-3-5-7-14)19-17(21)13(2)20-24(22,23)16-10-8-15(18)9-11-16/h3-13,20H,1-2H3,(H,19,21). The maximum absolute atomic E-state index is 12.3. The van der Waals surface area contributed by atoms with Crippen molar-refractivity contribution in [2.24, 2.45) is 0 Å². The van der Waals surface area contributed by atoms with Gasteiger partial charge in [-0.1, -0.05) is 41.9 Å². The molecule has 2 N–H and O–H groups in total. The molecule has 0 heterocycles. The molecule has 0 aliphatic rings. The van der Waals surface area contributed by atoms with Crippen LogP contribution in [0.15, 0.2) is 59.5 Å². The first kappa shape index (κ1) is 18.4. The lowest BCUT2D eigenvalue weighted by Crippen LogP contribution is -2.45. The van der Waals surface area contributed by atoms with Crippen LogP contribution in [0.2, 0.25) is 5.02 Å². The molecule has 7 heteroatoms. The lowest BCUT2D eigenvalue weighted by molar-refractivity contribution is -0.123. The van der Waals surface area contributed by atoms with Crippen LogP contribution in [-0.4, -0.2) is 20.4 Å². The summed E-state index contributed by atoms with van der Waals surface area (Å²) < 4.78 is 26.9. The fraction of sp³-hybridized carbons (Fsp3) is 0.235. The molecule has 0 aromatic heterocycles. The van der Waals surface area contributed by atoms with Crippen LogP contribution in [0.3, 0.4) is 0 Å². The predicted molar refractivity (Wildman–Crippen MR) is 94.2 cm³/mol. The zero-order chi connectivity index (χ0) is 17.7. The van der Waals surface area contributed by atoms with E-state index >= 15 is 0 Å². The molecular formula is C17H19ClN2O3S. The topological polar surface area (TPSA) is 75.3 Å². The molecule has 24 heavy (non-hydrogen) atoms. The average Bonchev–Trinajstić information content (AvgIpc) is 2.55. The third kappa shape index (κ3) is 4.80. The summed E-state index contributed by atoms with van der Waals surface area (Å²) in [5, 5.41) is 3.23. The Hall–Kier alpha value is -1.89. The number of carbonyl (C=O) groups excluding carboxylic acids is 1. The van der Waals surface area contributed by atoms with Gasteiger partial charge in [0.1, 0.15) is 0 Å². The van der Waals surface area contributed by atoms with Crippen molar-refractivity contribution in [3.8, 4) is 0 Å². The second-order valence-electron chi connectivity index (χ2n) is 5.44. The lowest BCUT2D eigenvalue weighted by atomic mass is 10.1. The van der Waals surface area contributed by atoms with Gasteiger partial charge in [0.15, 0.2) is 0 Å². The van der Waals surface area contributed by atoms with E-state index in [2.05, 4.69) is 10.0 Å². The third-order valence-electron chi connectivity index (χ3n) is 3.51. The van der Waals surface area contributed by atoms with Gasteiger partial charge in [0.2, 0.25) is 15.9 Å². The van der Waals surface area contributed by atoms with Gasteiger partial charge in [0, 0.05) is 5.02 Å². The Balaban J connectivity index is 2.02. The Morgan fingerprint density at radius 3 is 2.17 bits per heavy atom. The number of halogens is 1. The molecule has 0 radical (unpaired) electrons. The van der Waals surface area contributed by atoms with Crippen LogP contribution in [0, 0.1) is 0 Å². The van der Waals surface area contributed by atoms with Gasteiger partial charge in [0.05, 0.1) is 17.0 Å². The minimum Gasteiger partial charge on any atom is -0.348 e. The van der Waals surface area contributed by atoms with Crippen molar-refractivity contribution in [3.05, 3.63) is 65.2 Å². The van der Waals surface area contributed by atoms with Gasteiger partial charge in [-0.15, -0.1) is 0 Å². The fourth-order valence-corrected chi connectivity index (χ4v) is 3.46. The van der Waals surface area contributed by atoms with Crippen LogP contribution in [0.5, 0.6) is 0 Å². The van der Waals surface area contributed by atoms with Crippen molar-refractivity contribution in [2.75, 3.05) is 0 Å². The predicted octanol–water partition coefficient (Wildman–Crippen LogP) is 2.88. The van der Waals surface area contributed by atoms with E-state index in [0.29, 0.717) is 5.02 Å². The molecule has 0 saturated heterocycles. The van der Waals surface area contributed by atoms with Crippen molar-refractivity contribution in [1.82, 2.24) is 10.0 Å². The largest absolute Gasteiger partial charge is 0.348 e. The fourth-order valence-electron chi connectivity index (χ4n) is 2.13. The molecule has 2 atom stereocenters. The summed E-state index contributed by atoms with van der Waals surface area (Å²) >= 11 is 5.75. The maximum Gasteiger partial charge on any atom is 0.241 e. The molecule has 2 aromatic rings. The number of carbonyl (C=O) groups is 1. The van der Waals surface area contributed by atoms with Gasteiger partial charge in [0.25, 0.3) is 0 Å². The number of hydrogen-bond donors (Lipinski definition) is 2. The van der Waals surface area contributed by atoms with Crippen molar-refractivity contribution >= 4 is 27.5 Å². The summed E-state index contributed by atoms with van der Waals surface area (Å²) in [5.74, 6) is -0.399. The summed E-state index contributed by atoms with van der Waals surface area (Å²) in [6.07, 6.45) is 0. The van der Waals surface area contributed by atoms with Crippen molar-refractivity contribution in [3.63, 3.8) is 0 Å². The molecule has 0 spiro atoms. The maximum atomic E-state index is 12.3. The second kappa shape index (κ2) is 7.79. The zero-order valence-electron chi connectivity index (χ0n) is 13.4. The van der Waals surface area contributed by atoms with E-state index < -0.39 is 22.0 Å². The highest BCUT2D eigenvalue weighted by Gasteiger charge is 2.23. The van der Waals surface area contributed by atoms with Gasteiger partial charge >= 0.3 is 0 Å². The monoisotopic (exact) mass is 366 g/mol. The summed E-state index contributed by atoms with van der Waals surface area (Å²) in [5.41, 5.74) is 0.943. The van der Waals surface area contributed by atoms with E-state index in [-0.39, 0.29) is 10.9 Å². The first-order valence-corrected chi connectivity index (χ1v) is 9.29. The molecule has 2 rings (SSSR count). The number of benzene rings is 2. The highest BCUT2D eigenvalue weighted by atomic mass is 35.5. The highest BCUT2D eigenvalue weighted by molar-refractivity contribution is 7.89. The number of sulfonamides is 1. The summed E-state index contributed by atoms with van der Waals surface area (Å²) in [7, 11) is -3.79. The molecule has 0 aliphatic carbocycles. The van der Waals surface area contributed by atoms with Gasteiger partial charge in [-0.2, -0.15) is 4.72 Å². The Morgan fingerprint density at radius 2 is 1.58 bits per heavy atom. The molecule has 0 aliphatic heterocycles. The quantitative estimate of drug-likeness (QED) is 0.825. The minimum atomic E-state index is -3.79. The van der Waals surface area contributed by atoms with E-state index in [4.69, 9.17) is 11.6 Å². The Labute approximate surface area is 147 Å². The normalized spacial score (nSPS) is 14.0. The van der Waals surface area contributed by atoms with Crippen LogP contribution in [0.1, 0.15) is 25.5 Å². The van der Waals surface area contributed by atoms with Crippen LogP contribution in [-0.2, 0) is 14.8 Å². The number of rotatable bonds is 6. The Kier molecular flexibility index (Phi) is 5.99. The Bertz CT molecular complexity index is 792. The highest BCUT2D eigenvalue weighted by Crippen LogP contribution is 2.15. The van der Waals surface area contributed by atoms with E-state index in [1.54, 1.807) is 0 Å². The molecule has 2 unspecified atom stereocenters. The van der Waals surface area contributed by atoms with Crippen LogP contribution in [0.4, 0.5) is 0 Å². The van der Waals surface area contributed by atoms with Crippen molar-refractivity contribution < 1.29 is 13.2 Å². The van der Waals surface area contributed by atoms with Gasteiger partial charge < -0.3 is 5.32 Å². The van der Waals surface area contributed by atoms with E-state index in [1.165, 1.54) is 31.2 Å². The van der Waals surface area contributed by atoms with Crippen LogP contribution < -0.4 is 10.0 Å². The van der Waals surface area contributed by atoms with Gasteiger partial charge in [-0.05, 0) is 43.7 Å². The molecule has 0 bridgehead atoms.